The van der Waals surface area contributed by atoms with Gasteiger partial charge < -0.3 is 15.0 Å². The molecule has 4 aromatic rings. The smallest absolute Gasteiger partial charge is 0.212 e. The summed E-state index contributed by atoms with van der Waals surface area (Å²) in [5, 5.41) is 4.06. The summed E-state index contributed by atoms with van der Waals surface area (Å²) < 4.78 is 18.5. The Kier molecular flexibility index (Phi) is 4.65. The molecule has 2 N–H and O–H groups in total. The van der Waals surface area contributed by atoms with Gasteiger partial charge in [0.25, 0.3) is 0 Å². The van der Waals surface area contributed by atoms with Crippen molar-refractivity contribution in [2.24, 2.45) is 0 Å². The van der Waals surface area contributed by atoms with Crippen molar-refractivity contribution in [1.29, 1.82) is 0 Å². The minimum Gasteiger partial charge on any atom is -0.481 e. The van der Waals surface area contributed by atoms with Crippen LogP contribution in [0, 0.1) is 5.82 Å². The molecule has 0 unspecified atom stereocenters. The third-order valence-corrected chi connectivity index (χ3v) is 4.28. The molecular weight excluding hydrogens is 345 g/mol. The predicted octanol–water partition coefficient (Wildman–Crippen LogP) is 3.70. The monoisotopic (exact) mass is 363 g/mol. The van der Waals surface area contributed by atoms with Crippen molar-refractivity contribution in [1.82, 2.24) is 19.9 Å². The van der Waals surface area contributed by atoms with Gasteiger partial charge in [-0.25, -0.2) is 19.3 Å². The molecule has 0 spiro atoms. The Labute approximate surface area is 155 Å². The van der Waals surface area contributed by atoms with Gasteiger partial charge in [-0.1, -0.05) is 12.1 Å². The molecule has 0 fully saturated rings. The van der Waals surface area contributed by atoms with Gasteiger partial charge in [0.15, 0.2) is 0 Å². The molecule has 7 heteroatoms. The molecule has 0 radical (unpaired) electrons. The van der Waals surface area contributed by atoms with Crippen LogP contribution >= 0.6 is 0 Å². The molecule has 0 bridgehead atoms. The van der Waals surface area contributed by atoms with E-state index in [1.807, 2.05) is 36.7 Å². The fourth-order valence-electron chi connectivity index (χ4n) is 2.86. The van der Waals surface area contributed by atoms with Gasteiger partial charge in [0.05, 0.1) is 13.3 Å². The van der Waals surface area contributed by atoms with Crippen LogP contribution in [0.25, 0.3) is 11.0 Å². The Balaban J connectivity index is 1.41. The summed E-state index contributed by atoms with van der Waals surface area (Å²) in [6.45, 7) is 0.622. The van der Waals surface area contributed by atoms with Crippen LogP contribution in [0.1, 0.15) is 16.7 Å². The minimum absolute atomic E-state index is 0.339. The lowest BCUT2D eigenvalue weighted by Gasteiger charge is -2.07. The van der Waals surface area contributed by atoms with E-state index in [1.54, 1.807) is 13.3 Å². The lowest BCUT2D eigenvalue weighted by molar-refractivity contribution is 0.397. The number of rotatable bonds is 6. The average molecular weight is 363 g/mol. The summed E-state index contributed by atoms with van der Waals surface area (Å²) in [5.41, 5.74) is 3.75. The van der Waals surface area contributed by atoms with E-state index in [0.717, 1.165) is 27.9 Å². The van der Waals surface area contributed by atoms with E-state index in [9.17, 15) is 4.39 Å². The third kappa shape index (κ3) is 3.87. The number of fused-ring (bicyclic) bond motifs is 1. The first-order chi connectivity index (χ1) is 13.2. The molecule has 0 aliphatic rings. The SMILES string of the molecule is COc1ccc(CNc2ccc(Cc3c[nH]c4ncc(F)cc34)cn2)cn1. The number of nitrogens with one attached hydrogen (secondary N) is 2. The lowest BCUT2D eigenvalue weighted by atomic mass is 10.1. The molecule has 6 nitrogen and oxygen atoms in total. The van der Waals surface area contributed by atoms with Crippen LogP contribution in [0.2, 0.25) is 0 Å². The van der Waals surface area contributed by atoms with E-state index in [4.69, 9.17) is 4.74 Å². The number of ether oxygens (including phenoxy) is 1. The largest absolute Gasteiger partial charge is 0.481 e. The number of anilines is 1. The average Bonchev–Trinajstić information content (AvgIpc) is 3.10. The normalized spacial score (nSPS) is 10.9. The number of hydrogen-bond acceptors (Lipinski definition) is 5. The number of halogens is 1. The second kappa shape index (κ2) is 7.41. The van der Waals surface area contributed by atoms with E-state index < -0.39 is 0 Å². The second-order valence-electron chi connectivity index (χ2n) is 6.15. The second-order valence-corrected chi connectivity index (χ2v) is 6.15. The molecular formula is C20H18FN5O. The standard InChI is InChI=1S/C20H18FN5O/c1-27-19-5-3-14(10-24-19)9-23-18-4-2-13(8-22-18)6-15-11-25-20-17(15)7-16(21)12-26-20/h2-5,7-8,10-12H,6,9H2,1H3,(H,22,23)(H,25,26). The van der Waals surface area contributed by atoms with Crippen LogP contribution in [-0.2, 0) is 13.0 Å². The molecule has 27 heavy (non-hydrogen) atoms. The number of hydrogen-bond donors (Lipinski definition) is 2. The summed E-state index contributed by atoms with van der Waals surface area (Å²) in [6, 6.07) is 9.22. The Bertz CT molecular complexity index is 1040. The van der Waals surface area contributed by atoms with Crippen molar-refractivity contribution in [3.8, 4) is 5.88 Å². The van der Waals surface area contributed by atoms with Gasteiger partial charge >= 0.3 is 0 Å². The Hall–Kier alpha value is -3.48. The predicted molar refractivity (Wildman–Crippen MR) is 101 cm³/mol. The maximum Gasteiger partial charge on any atom is 0.212 e. The van der Waals surface area contributed by atoms with Gasteiger partial charge in [-0.2, -0.15) is 0 Å². The first-order valence-electron chi connectivity index (χ1n) is 8.50. The van der Waals surface area contributed by atoms with Crippen molar-refractivity contribution in [3.05, 3.63) is 77.6 Å². The third-order valence-electron chi connectivity index (χ3n) is 4.28. The maximum absolute atomic E-state index is 13.4. The fourth-order valence-corrected chi connectivity index (χ4v) is 2.86. The zero-order valence-corrected chi connectivity index (χ0v) is 14.7. The highest BCUT2D eigenvalue weighted by Crippen LogP contribution is 2.20. The highest BCUT2D eigenvalue weighted by atomic mass is 19.1. The summed E-state index contributed by atoms with van der Waals surface area (Å²) in [5.74, 6) is 1.03. The van der Waals surface area contributed by atoms with E-state index >= 15 is 0 Å². The minimum atomic E-state index is -0.339. The van der Waals surface area contributed by atoms with Crippen molar-refractivity contribution in [3.63, 3.8) is 0 Å². The number of pyridine rings is 3. The zero-order valence-electron chi connectivity index (χ0n) is 14.7. The molecule has 0 aliphatic carbocycles. The highest BCUT2D eigenvalue weighted by Gasteiger charge is 2.07. The van der Waals surface area contributed by atoms with Gasteiger partial charge in [0.2, 0.25) is 5.88 Å². The van der Waals surface area contributed by atoms with Crippen LogP contribution in [-0.4, -0.2) is 27.0 Å². The van der Waals surface area contributed by atoms with Crippen molar-refractivity contribution >= 4 is 16.9 Å². The van der Waals surface area contributed by atoms with Gasteiger partial charge in [0.1, 0.15) is 17.3 Å². The quantitative estimate of drug-likeness (QED) is 0.546. The summed E-state index contributed by atoms with van der Waals surface area (Å²) >= 11 is 0. The van der Waals surface area contributed by atoms with E-state index in [-0.39, 0.29) is 5.82 Å². The molecule has 4 aromatic heterocycles. The maximum atomic E-state index is 13.4. The Morgan fingerprint density at radius 2 is 1.89 bits per heavy atom. The molecule has 0 amide bonds. The molecule has 0 atom stereocenters. The molecule has 0 saturated carbocycles. The summed E-state index contributed by atoms with van der Waals surface area (Å²) in [4.78, 5) is 15.7. The van der Waals surface area contributed by atoms with E-state index in [2.05, 4.69) is 25.3 Å². The van der Waals surface area contributed by atoms with Gasteiger partial charge in [-0.05, 0) is 28.8 Å². The molecule has 136 valence electrons. The van der Waals surface area contributed by atoms with Crippen LogP contribution in [0.3, 0.4) is 0 Å². The fraction of sp³-hybridized carbons (Fsp3) is 0.150. The van der Waals surface area contributed by atoms with Crippen molar-refractivity contribution in [2.75, 3.05) is 12.4 Å². The zero-order chi connectivity index (χ0) is 18.6. The van der Waals surface area contributed by atoms with Gasteiger partial charge in [0, 0.05) is 43.0 Å². The molecule has 4 heterocycles. The van der Waals surface area contributed by atoms with Crippen LogP contribution in [0.15, 0.2) is 55.1 Å². The number of nitrogens with zero attached hydrogens (tertiary/aromatic N) is 3. The number of aromatic nitrogens is 4. The first kappa shape index (κ1) is 17.0. The topological polar surface area (TPSA) is 75.7 Å². The lowest BCUT2D eigenvalue weighted by Crippen LogP contribution is -2.02. The van der Waals surface area contributed by atoms with Crippen LogP contribution in [0.4, 0.5) is 10.2 Å². The summed E-state index contributed by atoms with van der Waals surface area (Å²) in [7, 11) is 1.59. The van der Waals surface area contributed by atoms with E-state index in [0.29, 0.717) is 24.5 Å². The van der Waals surface area contributed by atoms with Crippen molar-refractivity contribution < 1.29 is 9.13 Å². The highest BCUT2D eigenvalue weighted by molar-refractivity contribution is 5.80. The van der Waals surface area contributed by atoms with Gasteiger partial charge in [-0.15, -0.1) is 0 Å². The van der Waals surface area contributed by atoms with Crippen molar-refractivity contribution in [2.45, 2.75) is 13.0 Å². The number of aromatic amines is 1. The first-order valence-corrected chi connectivity index (χ1v) is 8.50. The molecule has 4 rings (SSSR count). The van der Waals surface area contributed by atoms with Gasteiger partial charge in [-0.3, -0.25) is 0 Å². The number of methoxy groups -OCH3 is 1. The summed E-state index contributed by atoms with van der Waals surface area (Å²) in [6.07, 6.45) is 7.31. The van der Waals surface area contributed by atoms with Crippen LogP contribution < -0.4 is 10.1 Å². The Morgan fingerprint density at radius 3 is 2.63 bits per heavy atom. The molecule has 0 aromatic carbocycles. The Morgan fingerprint density at radius 1 is 1.04 bits per heavy atom. The molecule has 0 aliphatic heterocycles. The molecule has 0 saturated heterocycles. The van der Waals surface area contributed by atoms with Crippen LogP contribution in [0.5, 0.6) is 5.88 Å². The van der Waals surface area contributed by atoms with E-state index in [1.165, 1.54) is 12.3 Å². The number of H-pyrrole nitrogens is 1.